The van der Waals surface area contributed by atoms with Crippen LogP contribution in [-0.2, 0) is 6.54 Å². The van der Waals surface area contributed by atoms with E-state index >= 15 is 0 Å². The maximum atomic E-state index is 4.17. The van der Waals surface area contributed by atoms with Gasteiger partial charge in [-0.15, -0.1) is 0 Å². The van der Waals surface area contributed by atoms with Gasteiger partial charge in [0.1, 0.15) is 6.33 Å². The van der Waals surface area contributed by atoms with Crippen LogP contribution in [0.3, 0.4) is 0 Å². The van der Waals surface area contributed by atoms with Crippen LogP contribution in [0.25, 0.3) is 0 Å². The van der Waals surface area contributed by atoms with Crippen LogP contribution in [0.1, 0.15) is 24.1 Å². The Hall–Kier alpha value is -1.74. The van der Waals surface area contributed by atoms with Crippen molar-refractivity contribution in [1.82, 2.24) is 15.3 Å². The first-order valence-electron chi connectivity index (χ1n) is 5.87. The monoisotopic (exact) mass is 227 g/mol. The van der Waals surface area contributed by atoms with Crippen molar-refractivity contribution in [2.45, 2.75) is 19.4 Å². The Morgan fingerprint density at radius 1 is 1.18 bits per heavy atom. The molecule has 17 heavy (non-hydrogen) atoms. The predicted molar refractivity (Wildman–Crippen MR) is 68.6 cm³/mol. The number of nitrogens with one attached hydrogen (secondary N) is 1. The molecule has 1 aromatic carbocycles. The molecule has 0 aliphatic carbocycles. The number of hydrogen-bond acceptors (Lipinski definition) is 3. The number of rotatable bonds is 5. The topological polar surface area (TPSA) is 37.8 Å². The van der Waals surface area contributed by atoms with E-state index in [4.69, 9.17) is 0 Å². The van der Waals surface area contributed by atoms with Crippen molar-refractivity contribution in [3.05, 3.63) is 60.2 Å². The zero-order valence-electron chi connectivity index (χ0n) is 10.0. The zero-order chi connectivity index (χ0) is 11.9. The van der Waals surface area contributed by atoms with E-state index in [0.717, 1.165) is 18.8 Å². The third-order valence-corrected chi connectivity index (χ3v) is 2.77. The van der Waals surface area contributed by atoms with Crippen molar-refractivity contribution in [3.63, 3.8) is 0 Å². The molecule has 2 rings (SSSR count). The van der Waals surface area contributed by atoms with Crippen LogP contribution in [0.4, 0.5) is 0 Å². The molecule has 0 aliphatic heterocycles. The van der Waals surface area contributed by atoms with Crippen LogP contribution < -0.4 is 5.32 Å². The molecule has 0 amide bonds. The molecule has 3 heteroatoms. The van der Waals surface area contributed by atoms with E-state index in [1.54, 1.807) is 12.5 Å². The fraction of sp³-hybridized carbons (Fsp3) is 0.286. The van der Waals surface area contributed by atoms with E-state index in [0.29, 0.717) is 5.92 Å². The predicted octanol–water partition coefficient (Wildman–Crippen LogP) is 2.37. The summed E-state index contributed by atoms with van der Waals surface area (Å²) in [7, 11) is 0. The van der Waals surface area contributed by atoms with Crippen LogP contribution in [0.2, 0.25) is 0 Å². The number of nitrogens with zero attached hydrogens (tertiary/aromatic N) is 2. The molecule has 2 aromatic rings. The standard InChI is InChI=1S/C14H17N3/c1-12(13-5-3-2-4-6-13)9-16-10-14-7-8-15-11-17-14/h2-8,11-12,16H,9-10H2,1H3. The summed E-state index contributed by atoms with van der Waals surface area (Å²) < 4.78 is 0. The molecule has 1 N–H and O–H groups in total. The molecule has 88 valence electrons. The summed E-state index contributed by atoms with van der Waals surface area (Å²) >= 11 is 0. The Morgan fingerprint density at radius 3 is 2.71 bits per heavy atom. The first kappa shape index (κ1) is 11.7. The normalized spacial score (nSPS) is 12.3. The van der Waals surface area contributed by atoms with Gasteiger partial charge in [0, 0.05) is 19.3 Å². The van der Waals surface area contributed by atoms with Crippen molar-refractivity contribution in [2.75, 3.05) is 6.54 Å². The van der Waals surface area contributed by atoms with Crippen LogP contribution in [0.15, 0.2) is 48.9 Å². The fourth-order valence-electron chi connectivity index (χ4n) is 1.74. The Morgan fingerprint density at radius 2 is 2.00 bits per heavy atom. The summed E-state index contributed by atoms with van der Waals surface area (Å²) in [6.07, 6.45) is 3.35. The lowest BCUT2D eigenvalue weighted by Crippen LogP contribution is -2.20. The minimum atomic E-state index is 0.512. The van der Waals surface area contributed by atoms with Crippen LogP contribution in [0, 0.1) is 0 Å². The fourth-order valence-corrected chi connectivity index (χ4v) is 1.74. The number of benzene rings is 1. The first-order chi connectivity index (χ1) is 8.36. The van der Waals surface area contributed by atoms with Gasteiger partial charge >= 0.3 is 0 Å². The second-order valence-corrected chi connectivity index (χ2v) is 4.14. The highest BCUT2D eigenvalue weighted by Gasteiger charge is 2.03. The van der Waals surface area contributed by atoms with Crippen molar-refractivity contribution < 1.29 is 0 Å². The lowest BCUT2D eigenvalue weighted by molar-refractivity contribution is 0.607. The van der Waals surface area contributed by atoms with Crippen LogP contribution in [0.5, 0.6) is 0 Å². The van der Waals surface area contributed by atoms with Gasteiger partial charge in [0.2, 0.25) is 0 Å². The largest absolute Gasteiger partial charge is 0.311 e. The minimum Gasteiger partial charge on any atom is -0.311 e. The van der Waals surface area contributed by atoms with E-state index in [1.165, 1.54) is 5.56 Å². The van der Waals surface area contributed by atoms with Gasteiger partial charge in [-0.05, 0) is 17.5 Å². The average molecular weight is 227 g/mol. The lowest BCUT2D eigenvalue weighted by Gasteiger charge is -2.12. The molecular formula is C14H17N3. The molecule has 1 aromatic heterocycles. The van der Waals surface area contributed by atoms with Crippen molar-refractivity contribution in [1.29, 1.82) is 0 Å². The summed E-state index contributed by atoms with van der Waals surface area (Å²) in [5.41, 5.74) is 2.39. The molecule has 0 saturated heterocycles. The molecule has 0 aliphatic rings. The molecule has 1 atom stereocenters. The summed E-state index contributed by atoms with van der Waals surface area (Å²) in [4.78, 5) is 8.07. The Bertz CT molecular complexity index is 428. The second kappa shape index (κ2) is 6.11. The quantitative estimate of drug-likeness (QED) is 0.852. The van der Waals surface area contributed by atoms with E-state index in [-0.39, 0.29) is 0 Å². The van der Waals surface area contributed by atoms with Gasteiger partial charge in [0.05, 0.1) is 5.69 Å². The van der Waals surface area contributed by atoms with E-state index in [2.05, 4.69) is 46.5 Å². The van der Waals surface area contributed by atoms with Gasteiger partial charge < -0.3 is 5.32 Å². The Labute approximate surface area is 102 Å². The molecule has 0 saturated carbocycles. The lowest BCUT2D eigenvalue weighted by atomic mass is 10.0. The summed E-state index contributed by atoms with van der Waals surface area (Å²) in [6, 6.07) is 12.5. The summed E-state index contributed by atoms with van der Waals surface area (Å²) in [6.45, 7) is 3.97. The van der Waals surface area contributed by atoms with Gasteiger partial charge in [-0.1, -0.05) is 37.3 Å². The second-order valence-electron chi connectivity index (χ2n) is 4.14. The average Bonchev–Trinajstić information content (AvgIpc) is 2.41. The van der Waals surface area contributed by atoms with E-state index in [9.17, 15) is 0 Å². The highest BCUT2D eigenvalue weighted by Crippen LogP contribution is 2.12. The summed E-state index contributed by atoms with van der Waals surface area (Å²) in [5.74, 6) is 0.512. The van der Waals surface area contributed by atoms with Crippen LogP contribution in [-0.4, -0.2) is 16.5 Å². The molecule has 0 bridgehead atoms. The molecule has 0 spiro atoms. The van der Waals surface area contributed by atoms with Gasteiger partial charge in [0.25, 0.3) is 0 Å². The molecule has 3 nitrogen and oxygen atoms in total. The smallest absolute Gasteiger partial charge is 0.115 e. The van der Waals surface area contributed by atoms with Gasteiger partial charge in [-0.25, -0.2) is 9.97 Å². The van der Waals surface area contributed by atoms with Crippen molar-refractivity contribution in [3.8, 4) is 0 Å². The number of aromatic nitrogens is 2. The van der Waals surface area contributed by atoms with E-state index in [1.807, 2.05) is 12.1 Å². The number of hydrogen-bond donors (Lipinski definition) is 1. The van der Waals surface area contributed by atoms with E-state index < -0.39 is 0 Å². The third-order valence-electron chi connectivity index (χ3n) is 2.77. The first-order valence-corrected chi connectivity index (χ1v) is 5.87. The van der Waals surface area contributed by atoms with Crippen molar-refractivity contribution >= 4 is 0 Å². The van der Waals surface area contributed by atoms with Gasteiger partial charge in [-0.3, -0.25) is 0 Å². The van der Waals surface area contributed by atoms with Crippen LogP contribution >= 0.6 is 0 Å². The maximum absolute atomic E-state index is 4.17. The van der Waals surface area contributed by atoms with Gasteiger partial charge in [0.15, 0.2) is 0 Å². The zero-order valence-corrected chi connectivity index (χ0v) is 10.0. The SMILES string of the molecule is CC(CNCc1ccncn1)c1ccccc1. The molecule has 1 unspecified atom stereocenters. The molecular weight excluding hydrogens is 210 g/mol. The minimum absolute atomic E-state index is 0.512. The summed E-state index contributed by atoms with van der Waals surface area (Å²) in [5, 5.41) is 3.41. The Kier molecular flexibility index (Phi) is 4.22. The third kappa shape index (κ3) is 3.64. The molecule has 1 heterocycles. The highest BCUT2D eigenvalue weighted by atomic mass is 14.9. The molecule has 0 fully saturated rings. The van der Waals surface area contributed by atoms with Crippen molar-refractivity contribution in [2.24, 2.45) is 0 Å². The highest BCUT2D eigenvalue weighted by molar-refractivity contribution is 5.19. The van der Waals surface area contributed by atoms with Gasteiger partial charge in [-0.2, -0.15) is 0 Å². The Balaban J connectivity index is 1.79. The maximum Gasteiger partial charge on any atom is 0.115 e. The molecule has 0 radical (unpaired) electrons.